The molecule has 0 aliphatic carbocycles. The summed E-state index contributed by atoms with van der Waals surface area (Å²) in [7, 11) is -3.95. The van der Waals surface area contributed by atoms with Crippen molar-refractivity contribution in [2.45, 2.75) is 31.2 Å². The van der Waals surface area contributed by atoms with Gasteiger partial charge in [-0.2, -0.15) is 4.72 Å². The van der Waals surface area contributed by atoms with Crippen LogP contribution in [-0.4, -0.2) is 25.5 Å². The predicted molar refractivity (Wildman–Crippen MR) is 72.7 cm³/mol. The molecule has 7 heteroatoms. The summed E-state index contributed by atoms with van der Waals surface area (Å²) in [6.45, 7) is 3.47. The van der Waals surface area contributed by atoms with Crippen LogP contribution in [0.1, 0.15) is 20.3 Å². The molecule has 1 unspecified atom stereocenters. The summed E-state index contributed by atoms with van der Waals surface area (Å²) in [5.41, 5.74) is 0. The first-order chi connectivity index (χ1) is 8.79. The minimum Gasteiger partial charge on any atom is -0.480 e. The van der Waals surface area contributed by atoms with Crippen molar-refractivity contribution in [1.82, 2.24) is 4.72 Å². The van der Waals surface area contributed by atoms with E-state index in [1.807, 2.05) is 0 Å². The zero-order valence-corrected chi connectivity index (χ0v) is 12.2. The number of sulfonamides is 1. The first-order valence-electron chi connectivity index (χ1n) is 5.79. The second-order valence-corrected chi connectivity index (χ2v) is 6.34. The van der Waals surface area contributed by atoms with Crippen LogP contribution in [0, 0.1) is 5.92 Å². The van der Waals surface area contributed by atoms with Crippen molar-refractivity contribution in [3.05, 3.63) is 29.3 Å². The first kappa shape index (κ1) is 15.9. The highest BCUT2D eigenvalue weighted by Crippen LogP contribution is 2.21. The van der Waals surface area contributed by atoms with Crippen LogP contribution in [-0.2, 0) is 14.8 Å². The maximum Gasteiger partial charge on any atom is 0.322 e. The number of hydrogen-bond donors (Lipinski definition) is 2. The van der Waals surface area contributed by atoms with Gasteiger partial charge in [0.2, 0.25) is 10.0 Å². The van der Waals surface area contributed by atoms with Crippen molar-refractivity contribution < 1.29 is 18.3 Å². The van der Waals surface area contributed by atoms with E-state index in [1.54, 1.807) is 19.9 Å². The third-order valence-electron chi connectivity index (χ3n) is 2.89. The fourth-order valence-corrected chi connectivity index (χ4v) is 3.36. The highest BCUT2D eigenvalue weighted by Gasteiger charge is 2.30. The Morgan fingerprint density at radius 1 is 1.42 bits per heavy atom. The molecule has 2 N–H and O–H groups in total. The topological polar surface area (TPSA) is 83.5 Å². The second-order valence-electron chi connectivity index (χ2n) is 4.25. The Bertz CT molecular complexity index is 559. The van der Waals surface area contributed by atoms with E-state index in [0.29, 0.717) is 6.42 Å². The quantitative estimate of drug-likeness (QED) is 0.843. The number of aliphatic carboxylic acids is 1. The lowest BCUT2D eigenvalue weighted by Crippen LogP contribution is -2.44. The Kier molecular flexibility index (Phi) is 5.34. The molecule has 1 rings (SSSR count). The van der Waals surface area contributed by atoms with Gasteiger partial charge in [0.1, 0.15) is 10.9 Å². The number of rotatable bonds is 6. The summed E-state index contributed by atoms with van der Waals surface area (Å²) in [6, 6.07) is 4.73. The van der Waals surface area contributed by atoms with Crippen LogP contribution < -0.4 is 4.72 Å². The van der Waals surface area contributed by atoms with E-state index < -0.39 is 22.0 Å². The van der Waals surface area contributed by atoms with Gasteiger partial charge in [-0.25, -0.2) is 8.42 Å². The van der Waals surface area contributed by atoms with Crippen LogP contribution in [0.3, 0.4) is 0 Å². The maximum absolute atomic E-state index is 12.1. The second kappa shape index (κ2) is 6.36. The van der Waals surface area contributed by atoms with Crippen molar-refractivity contribution in [2.75, 3.05) is 0 Å². The molecule has 0 radical (unpaired) electrons. The Labute approximate surface area is 117 Å². The molecule has 0 heterocycles. The lowest BCUT2D eigenvalue weighted by atomic mass is 10.0. The normalized spacial score (nSPS) is 14.9. The zero-order valence-electron chi connectivity index (χ0n) is 10.6. The van der Waals surface area contributed by atoms with Gasteiger partial charge in [0.05, 0.1) is 5.02 Å². The molecule has 0 aliphatic rings. The van der Waals surface area contributed by atoms with E-state index in [0.717, 1.165) is 0 Å². The Morgan fingerprint density at radius 2 is 2.00 bits per heavy atom. The van der Waals surface area contributed by atoms with E-state index in [-0.39, 0.29) is 15.8 Å². The van der Waals surface area contributed by atoms with Gasteiger partial charge in [-0.1, -0.05) is 44.0 Å². The fraction of sp³-hybridized carbons (Fsp3) is 0.417. The minimum absolute atomic E-state index is 0.0586. The van der Waals surface area contributed by atoms with Crippen molar-refractivity contribution >= 4 is 27.6 Å². The molecule has 5 nitrogen and oxygen atoms in total. The monoisotopic (exact) mass is 305 g/mol. The summed E-state index contributed by atoms with van der Waals surface area (Å²) in [5.74, 6) is -1.53. The number of benzene rings is 1. The molecule has 1 aromatic carbocycles. The molecule has 106 valence electrons. The van der Waals surface area contributed by atoms with Gasteiger partial charge in [-0.05, 0) is 18.1 Å². The van der Waals surface area contributed by atoms with Crippen LogP contribution in [0.2, 0.25) is 5.02 Å². The smallest absolute Gasteiger partial charge is 0.322 e. The van der Waals surface area contributed by atoms with Gasteiger partial charge in [-0.15, -0.1) is 0 Å². The standard InChI is InChI=1S/C12H16ClNO4S/c1-3-8(2)11(12(15)16)14-19(17,18)10-7-5-4-6-9(10)13/h4-8,11,14H,3H2,1-2H3,(H,15,16)/t8?,11-/m0/s1. The molecule has 0 spiro atoms. The summed E-state index contributed by atoms with van der Waals surface area (Å²) in [4.78, 5) is 11.0. The van der Waals surface area contributed by atoms with Gasteiger partial charge in [-0.3, -0.25) is 4.79 Å². The largest absolute Gasteiger partial charge is 0.480 e. The number of carbonyl (C=O) groups is 1. The van der Waals surface area contributed by atoms with Gasteiger partial charge in [0.15, 0.2) is 0 Å². The third-order valence-corrected chi connectivity index (χ3v) is 4.83. The molecule has 0 aromatic heterocycles. The first-order valence-corrected chi connectivity index (χ1v) is 7.65. The number of nitrogens with one attached hydrogen (secondary N) is 1. The fourth-order valence-electron chi connectivity index (χ4n) is 1.54. The summed E-state index contributed by atoms with van der Waals surface area (Å²) >= 11 is 5.82. The van der Waals surface area contributed by atoms with Crippen molar-refractivity contribution in [3.63, 3.8) is 0 Å². The summed E-state index contributed by atoms with van der Waals surface area (Å²) in [5, 5.41) is 9.15. The average Bonchev–Trinajstić information content (AvgIpc) is 2.35. The van der Waals surface area contributed by atoms with Gasteiger partial charge < -0.3 is 5.11 Å². The highest BCUT2D eigenvalue weighted by atomic mass is 35.5. The maximum atomic E-state index is 12.1. The summed E-state index contributed by atoms with van der Waals surface area (Å²) in [6.07, 6.45) is 0.544. The SMILES string of the molecule is CCC(C)[C@H](NS(=O)(=O)c1ccccc1Cl)C(=O)O. The van der Waals surface area contributed by atoms with Crippen LogP contribution in [0.4, 0.5) is 0 Å². The molecular weight excluding hydrogens is 290 g/mol. The van der Waals surface area contributed by atoms with Gasteiger partial charge in [0.25, 0.3) is 0 Å². The van der Waals surface area contributed by atoms with Crippen LogP contribution in [0.15, 0.2) is 29.2 Å². The van der Waals surface area contributed by atoms with E-state index in [4.69, 9.17) is 16.7 Å². The average molecular weight is 306 g/mol. The van der Waals surface area contributed by atoms with Gasteiger partial charge in [0, 0.05) is 0 Å². The number of halogens is 1. The van der Waals surface area contributed by atoms with Crippen LogP contribution in [0.5, 0.6) is 0 Å². The predicted octanol–water partition coefficient (Wildman–Crippen LogP) is 2.12. The van der Waals surface area contributed by atoms with E-state index in [9.17, 15) is 13.2 Å². The molecule has 0 saturated carbocycles. The summed E-state index contributed by atoms with van der Waals surface area (Å²) < 4.78 is 26.4. The Morgan fingerprint density at radius 3 is 2.47 bits per heavy atom. The Hall–Kier alpha value is -1.11. The lowest BCUT2D eigenvalue weighted by molar-refractivity contribution is -0.140. The molecule has 0 fully saturated rings. The Balaban J connectivity index is 3.08. The van der Waals surface area contributed by atoms with Crippen molar-refractivity contribution in [1.29, 1.82) is 0 Å². The van der Waals surface area contributed by atoms with Gasteiger partial charge >= 0.3 is 5.97 Å². The zero-order chi connectivity index (χ0) is 14.6. The van der Waals surface area contributed by atoms with Crippen LogP contribution in [0.25, 0.3) is 0 Å². The van der Waals surface area contributed by atoms with Crippen molar-refractivity contribution in [2.24, 2.45) is 5.92 Å². The number of hydrogen-bond acceptors (Lipinski definition) is 3. The molecule has 2 atom stereocenters. The molecule has 0 aliphatic heterocycles. The van der Waals surface area contributed by atoms with E-state index in [2.05, 4.69) is 4.72 Å². The molecule has 19 heavy (non-hydrogen) atoms. The third kappa shape index (κ3) is 3.92. The van der Waals surface area contributed by atoms with E-state index >= 15 is 0 Å². The molecule has 1 aromatic rings. The van der Waals surface area contributed by atoms with Crippen LogP contribution >= 0.6 is 11.6 Å². The number of carboxylic acid groups (broad SMARTS) is 1. The van der Waals surface area contributed by atoms with E-state index in [1.165, 1.54) is 18.2 Å². The minimum atomic E-state index is -3.95. The number of carboxylic acids is 1. The lowest BCUT2D eigenvalue weighted by Gasteiger charge is -2.20. The van der Waals surface area contributed by atoms with Crippen molar-refractivity contribution in [3.8, 4) is 0 Å². The molecular formula is C12H16ClNO4S. The molecule has 0 amide bonds. The highest BCUT2D eigenvalue weighted by molar-refractivity contribution is 7.89. The molecule has 0 saturated heterocycles. The molecule has 0 bridgehead atoms.